The van der Waals surface area contributed by atoms with Gasteiger partial charge >= 0.3 is 0 Å². The average Bonchev–Trinajstić information content (AvgIpc) is 2.69. The highest BCUT2D eigenvalue weighted by Crippen LogP contribution is 2.46. The van der Waals surface area contributed by atoms with Gasteiger partial charge in [-0.05, 0) is 129 Å². The van der Waals surface area contributed by atoms with Crippen molar-refractivity contribution in [1.82, 2.24) is 0 Å². The summed E-state index contributed by atoms with van der Waals surface area (Å²) in [5, 5.41) is 12.0. The molecule has 0 N–H and O–H groups in total. The Hall–Kier alpha value is -2.34. The molecule has 0 atom stereocenters. The molecule has 2 aliphatic rings. The molecule has 7 rings (SSSR count). The van der Waals surface area contributed by atoms with Crippen molar-refractivity contribution in [3.8, 4) is 0 Å². The van der Waals surface area contributed by atoms with E-state index in [1.807, 2.05) is 0 Å². The van der Waals surface area contributed by atoms with E-state index in [2.05, 4.69) is 36.4 Å². The van der Waals surface area contributed by atoms with Crippen LogP contribution in [0.1, 0.15) is 47.9 Å². The predicted octanol–water partition coefficient (Wildman–Crippen LogP) is 6.93. The monoisotopic (exact) mass is 334 g/mol. The van der Waals surface area contributed by atoms with Crippen molar-refractivity contribution in [3.63, 3.8) is 0 Å². The molecule has 0 bridgehead atoms. The Morgan fingerprint density at radius 3 is 0.808 bits per heavy atom. The minimum Gasteiger partial charge on any atom is -0.0502 e. The van der Waals surface area contributed by atoms with Gasteiger partial charge in [0.05, 0.1) is 0 Å². The first-order valence-corrected chi connectivity index (χ1v) is 10.4. The van der Waals surface area contributed by atoms with Gasteiger partial charge in [0.2, 0.25) is 0 Å². The summed E-state index contributed by atoms with van der Waals surface area (Å²) in [6.07, 6.45) is 10.6. The third-order valence-electron chi connectivity index (χ3n) is 7.28. The van der Waals surface area contributed by atoms with Crippen LogP contribution in [0.3, 0.4) is 0 Å². The van der Waals surface area contributed by atoms with Crippen LogP contribution >= 0.6 is 0 Å². The molecule has 0 aromatic heterocycles. The van der Waals surface area contributed by atoms with Crippen LogP contribution in [-0.4, -0.2) is 0 Å². The smallest absolute Gasteiger partial charge is 0.00922 e. The summed E-state index contributed by atoms with van der Waals surface area (Å²) in [6, 6.07) is 15.0. The summed E-state index contributed by atoms with van der Waals surface area (Å²) in [6.45, 7) is 0. The summed E-state index contributed by atoms with van der Waals surface area (Å²) < 4.78 is 0. The van der Waals surface area contributed by atoms with Gasteiger partial charge in [-0.1, -0.05) is 24.3 Å². The molecule has 0 radical (unpaired) electrons. The maximum absolute atomic E-state index is 2.50. The van der Waals surface area contributed by atoms with Gasteiger partial charge in [-0.15, -0.1) is 0 Å². The van der Waals surface area contributed by atoms with Crippen LogP contribution in [-0.2, 0) is 25.7 Å². The van der Waals surface area contributed by atoms with Crippen LogP contribution in [0.2, 0.25) is 0 Å². The lowest BCUT2D eigenvalue weighted by atomic mass is 9.80. The topological polar surface area (TPSA) is 0 Å². The Morgan fingerprint density at radius 1 is 0.308 bits per heavy atom. The van der Waals surface area contributed by atoms with Crippen molar-refractivity contribution in [3.05, 3.63) is 58.7 Å². The van der Waals surface area contributed by atoms with Crippen molar-refractivity contribution in [1.29, 1.82) is 0 Å². The molecule has 0 unspecified atom stereocenters. The number of aryl methyl sites for hydroxylation is 4. The molecule has 0 heterocycles. The van der Waals surface area contributed by atoms with E-state index < -0.39 is 0 Å². The molecule has 0 saturated heterocycles. The molecule has 0 nitrogen and oxygen atoms in total. The number of rotatable bonds is 0. The Kier molecular flexibility index (Phi) is 2.49. The van der Waals surface area contributed by atoms with E-state index in [-0.39, 0.29) is 0 Å². The summed E-state index contributed by atoms with van der Waals surface area (Å²) in [5.74, 6) is 0. The van der Waals surface area contributed by atoms with Crippen LogP contribution in [0, 0.1) is 0 Å². The predicted molar refractivity (Wildman–Crippen MR) is 112 cm³/mol. The fraction of sp³-hybridized carbons (Fsp3) is 0.308. The number of hydrogen-bond donors (Lipinski definition) is 0. The number of fused-ring (bicyclic) bond motifs is 10. The summed E-state index contributed by atoms with van der Waals surface area (Å²) >= 11 is 0. The zero-order valence-corrected chi connectivity index (χ0v) is 15.1. The lowest BCUT2D eigenvalue weighted by Gasteiger charge is -2.23. The minimum atomic E-state index is 1.28. The average molecular weight is 334 g/mol. The van der Waals surface area contributed by atoms with E-state index in [9.17, 15) is 0 Å². The maximum Gasteiger partial charge on any atom is -0.00922 e. The minimum absolute atomic E-state index is 1.28. The van der Waals surface area contributed by atoms with Crippen molar-refractivity contribution in [2.24, 2.45) is 0 Å². The molecule has 0 aliphatic heterocycles. The highest BCUT2D eigenvalue weighted by molar-refractivity contribution is 6.35. The zero-order valence-electron chi connectivity index (χ0n) is 15.1. The SMILES string of the molecule is c1c2c(cc3c1c1cc4c5cc6c(cc5c4cc31)CCCC6)CCCC2. The van der Waals surface area contributed by atoms with E-state index in [0.717, 1.165) is 0 Å². The molecule has 0 spiro atoms. The van der Waals surface area contributed by atoms with E-state index in [0.29, 0.717) is 0 Å². The summed E-state index contributed by atoms with van der Waals surface area (Å²) in [4.78, 5) is 0. The van der Waals surface area contributed by atoms with Crippen molar-refractivity contribution in [2.45, 2.75) is 51.4 Å². The summed E-state index contributed by atoms with van der Waals surface area (Å²) in [5.41, 5.74) is 6.44. The second-order valence-corrected chi connectivity index (χ2v) is 8.69. The van der Waals surface area contributed by atoms with E-state index in [4.69, 9.17) is 0 Å². The maximum atomic E-state index is 2.50. The molecule has 26 heavy (non-hydrogen) atoms. The first-order valence-electron chi connectivity index (χ1n) is 10.4. The van der Waals surface area contributed by atoms with Gasteiger partial charge in [-0.2, -0.15) is 0 Å². The van der Waals surface area contributed by atoms with Gasteiger partial charge in [0.1, 0.15) is 0 Å². The fourth-order valence-corrected chi connectivity index (χ4v) is 5.83. The van der Waals surface area contributed by atoms with Crippen LogP contribution in [0.25, 0.3) is 43.1 Å². The number of benzene rings is 3. The largest absolute Gasteiger partial charge is 0.0502 e. The molecule has 0 fully saturated rings. The van der Waals surface area contributed by atoms with Crippen molar-refractivity contribution >= 4 is 43.1 Å². The first kappa shape index (κ1) is 13.8. The lowest BCUT2D eigenvalue weighted by molar-refractivity contribution is 0.687. The second kappa shape index (κ2) is 4.68. The van der Waals surface area contributed by atoms with Gasteiger partial charge in [0.25, 0.3) is 0 Å². The van der Waals surface area contributed by atoms with Gasteiger partial charge in [0.15, 0.2) is 0 Å². The van der Waals surface area contributed by atoms with Crippen LogP contribution < -0.4 is 0 Å². The summed E-state index contributed by atoms with van der Waals surface area (Å²) in [7, 11) is 0. The third kappa shape index (κ3) is 1.62. The standard InChI is InChI=1S/C26H22/c1-2-6-16-10-20-19(9-15(16)5-1)23-13-25-21-11-17-7-3-4-8-18(17)12-22(21)26(25)14-24(20)23/h9-14H,1-8H2. The number of hydrogen-bond acceptors (Lipinski definition) is 0. The molecular formula is C26H22. The van der Waals surface area contributed by atoms with Gasteiger partial charge in [-0.25, -0.2) is 0 Å². The molecule has 5 aromatic rings. The van der Waals surface area contributed by atoms with E-state index in [1.165, 1.54) is 94.5 Å². The molecular weight excluding hydrogens is 312 g/mol. The molecule has 126 valence electrons. The molecule has 5 aromatic carbocycles. The van der Waals surface area contributed by atoms with Crippen LogP contribution in [0.15, 0.2) is 36.4 Å². The fourth-order valence-electron chi connectivity index (χ4n) is 5.83. The molecule has 2 aliphatic carbocycles. The van der Waals surface area contributed by atoms with Crippen molar-refractivity contribution in [2.75, 3.05) is 0 Å². The van der Waals surface area contributed by atoms with Gasteiger partial charge in [0, 0.05) is 0 Å². The van der Waals surface area contributed by atoms with Crippen LogP contribution in [0.5, 0.6) is 0 Å². The molecule has 0 saturated carbocycles. The van der Waals surface area contributed by atoms with E-state index >= 15 is 0 Å². The highest BCUT2D eigenvalue weighted by Gasteiger charge is 2.20. The Bertz CT molecular complexity index is 1120. The molecule has 0 heteroatoms. The van der Waals surface area contributed by atoms with Gasteiger partial charge < -0.3 is 0 Å². The Morgan fingerprint density at radius 2 is 0.538 bits per heavy atom. The normalized spacial score (nSPS) is 17.5. The first-order chi connectivity index (χ1) is 12.9. The molecule has 0 amide bonds. The third-order valence-corrected chi connectivity index (χ3v) is 7.28. The van der Waals surface area contributed by atoms with Crippen molar-refractivity contribution < 1.29 is 0 Å². The second-order valence-electron chi connectivity index (χ2n) is 8.69. The zero-order chi connectivity index (χ0) is 16.8. The van der Waals surface area contributed by atoms with Crippen LogP contribution in [0.4, 0.5) is 0 Å². The Labute approximate surface area is 153 Å². The highest BCUT2D eigenvalue weighted by atomic mass is 14.2. The quantitative estimate of drug-likeness (QED) is 0.288. The van der Waals surface area contributed by atoms with E-state index in [1.54, 1.807) is 22.3 Å². The lowest BCUT2D eigenvalue weighted by Crippen LogP contribution is -2.04. The van der Waals surface area contributed by atoms with Gasteiger partial charge in [-0.3, -0.25) is 0 Å². The Balaban J connectivity index is 1.51.